The van der Waals surface area contributed by atoms with Crippen LogP contribution < -0.4 is 10.2 Å². The monoisotopic (exact) mass is 540 g/mol. The second-order valence-corrected chi connectivity index (χ2v) is 8.67. The Morgan fingerprint density at radius 3 is 2.10 bits per heavy atom. The second-order valence-electron chi connectivity index (χ2n) is 6.84. The number of hydrogen-bond donors (Lipinski definition) is 1. The normalized spacial score (nSPS) is 14.1. The third-order valence-electron chi connectivity index (χ3n) is 4.80. The van der Waals surface area contributed by atoms with Crippen LogP contribution in [0.15, 0.2) is 75.7 Å². The van der Waals surface area contributed by atoms with Crippen molar-refractivity contribution >= 4 is 66.6 Å². The molecule has 1 N–H and O–H groups in total. The number of ketones is 2. The van der Waals surface area contributed by atoms with E-state index in [0.29, 0.717) is 29.0 Å². The Labute approximate surface area is 194 Å². The molecule has 5 rings (SSSR count). The van der Waals surface area contributed by atoms with Crippen LogP contribution in [0, 0.1) is 0 Å². The maximum absolute atomic E-state index is 12.0. The van der Waals surface area contributed by atoms with Crippen molar-refractivity contribution in [1.82, 2.24) is 0 Å². The van der Waals surface area contributed by atoms with Crippen LogP contribution in [-0.4, -0.2) is 23.4 Å². The van der Waals surface area contributed by atoms with Gasteiger partial charge in [0.05, 0.1) is 29.0 Å². The molecule has 3 aromatic rings. The molecular weight excluding hydrogens is 528 g/mol. The number of hydrogen-bond acceptors (Lipinski definition) is 4. The Kier molecular flexibility index (Phi) is 5.84. The van der Waals surface area contributed by atoms with Crippen LogP contribution in [0.2, 0.25) is 0 Å². The minimum atomic E-state index is -0.553. The molecular formula is C23H14Br2N2O4. The fraction of sp³-hybridized carbons (Fsp3) is 0.0435. The number of benzene rings is 3. The average molecular weight is 542 g/mol. The second kappa shape index (κ2) is 8.56. The minimum Gasteiger partial charge on any atom is -0.318 e. The zero-order valence-electron chi connectivity index (χ0n) is 15.9. The molecule has 2 amide bonds. The predicted octanol–water partition coefficient (Wildman–Crippen LogP) is 4.76. The molecule has 2 aliphatic heterocycles. The van der Waals surface area contributed by atoms with Crippen LogP contribution >= 0.6 is 31.9 Å². The van der Waals surface area contributed by atoms with Crippen molar-refractivity contribution in [3.05, 3.63) is 92.4 Å². The largest absolute Gasteiger partial charge is 0.318 e. The summed E-state index contributed by atoms with van der Waals surface area (Å²) < 4.78 is 1.70. The fourth-order valence-corrected chi connectivity index (χ4v) is 4.02. The number of amides is 2. The highest BCUT2D eigenvalue weighted by Crippen LogP contribution is 2.32. The van der Waals surface area contributed by atoms with Gasteiger partial charge >= 0.3 is 0 Å². The first-order valence-corrected chi connectivity index (χ1v) is 10.8. The summed E-state index contributed by atoms with van der Waals surface area (Å²) in [6.07, 6.45) is 0. The van der Waals surface area contributed by atoms with Gasteiger partial charge in [-0.15, -0.1) is 0 Å². The molecule has 0 spiro atoms. The van der Waals surface area contributed by atoms with Crippen molar-refractivity contribution < 1.29 is 19.2 Å². The number of nitrogens with one attached hydrogen (secondary N) is 1. The Bertz CT molecular complexity index is 1240. The standard InChI is InChI=1S/C15H10BrNO2.C8H4BrNO2/c16-11-6-7-12-13(8-11)17(15(19)14(12)18)9-10-4-2-1-3-5-10;9-4-1-2-5-6(3-4)10-8(12)7(5)11/h1-8H,9H2;1-3H,(H,10,11,12). The molecule has 0 atom stereocenters. The Balaban J connectivity index is 0.000000166. The first-order valence-electron chi connectivity index (χ1n) is 9.20. The van der Waals surface area contributed by atoms with Crippen molar-refractivity contribution in [2.75, 3.05) is 10.2 Å². The zero-order chi connectivity index (χ0) is 22.1. The van der Waals surface area contributed by atoms with E-state index in [1.54, 1.807) is 36.4 Å². The van der Waals surface area contributed by atoms with E-state index in [1.165, 1.54) is 4.90 Å². The quantitative estimate of drug-likeness (QED) is 0.474. The van der Waals surface area contributed by atoms with Crippen molar-refractivity contribution in [3.8, 4) is 0 Å². The van der Waals surface area contributed by atoms with Gasteiger partial charge in [-0.1, -0.05) is 62.2 Å². The maximum atomic E-state index is 12.0. The summed E-state index contributed by atoms with van der Waals surface area (Å²) in [5.41, 5.74) is 3.18. The molecule has 0 saturated heterocycles. The Hall–Kier alpha value is -3.10. The topological polar surface area (TPSA) is 83.6 Å². The molecule has 0 saturated carbocycles. The molecule has 0 unspecified atom stereocenters. The van der Waals surface area contributed by atoms with Crippen LogP contribution in [0.1, 0.15) is 26.3 Å². The molecule has 31 heavy (non-hydrogen) atoms. The number of carbonyl (C=O) groups excluding carboxylic acids is 4. The summed E-state index contributed by atoms with van der Waals surface area (Å²) >= 11 is 6.61. The van der Waals surface area contributed by atoms with Crippen molar-refractivity contribution in [2.45, 2.75) is 6.54 Å². The predicted molar refractivity (Wildman–Crippen MR) is 123 cm³/mol. The van der Waals surface area contributed by atoms with E-state index in [-0.39, 0.29) is 0 Å². The summed E-state index contributed by atoms with van der Waals surface area (Å²) in [6.45, 7) is 0.412. The molecule has 2 aliphatic rings. The van der Waals surface area contributed by atoms with Crippen LogP contribution in [0.4, 0.5) is 11.4 Å². The molecule has 8 heteroatoms. The molecule has 0 fully saturated rings. The summed E-state index contributed by atoms with van der Waals surface area (Å²) in [5, 5.41) is 2.47. The summed E-state index contributed by atoms with van der Waals surface area (Å²) in [5.74, 6) is -1.91. The number of Topliss-reactive ketones (excluding diaryl/α,β-unsaturated/α-hetero) is 2. The van der Waals surface area contributed by atoms with Gasteiger partial charge in [0.2, 0.25) is 0 Å². The first kappa shape index (κ1) is 21.1. The van der Waals surface area contributed by atoms with Gasteiger partial charge in [-0.05, 0) is 42.0 Å². The Morgan fingerprint density at radius 2 is 1.39 bits per heavy atom. The molecule has 0 aromatic heterocycles. The number of anilines is 2. The van der Waals surface area contributed by atoms with Gasteiger partial charge in [-0.2, -0.15) is 0 Å². The molecule has 6 nitrogen and oxygen atoms in total. The maximum Gasteiger partial charge on any atom is 0.299 e. The van der Waals surface area contributed by atoms with E-state index >= 15 is 0 Å². The van der Waals surface area contributed by atoms with Crippen LogP contribution in [0.25, 0.3) is 0 Å². The zero-order valence-corrected chi connectivity index (χ0v) is 19.1. The van der Waals surface area contributed by atoms with E-state index in [4.69, 9.17) is 0 Å². The van der Waals surface area contributed by atoms with Gasteiger partial charge < -0.3 is 10.2 Å². The SMILES string of the molecule is O=C1C(=O)N(Cc2ccccc2)c2cc(Br)ccc21.O=C1Nc2cc(Br)ccc2C1=O. The van der Waals surface area contributed by atoms with Crippen LogP contribution in [-0.2, 0) is 16.1 Å². The summed E-state index contributed by atoms with van der Waals surface area (Å²) in [6, 6.07) is 20.0. The highest BCUT2D eigenvalue weighted by molar-refractivity contribution is 9.10. The van der Waals surface area contributed by atoms with Gasteiger partial charge in [0, 0.05) is 8.95 Å². The lowest BCUT2D eigenvalue weighted by molar-refractivity contribution is -0.114. The highest BCUT2D eigenvalue weighted by Gasteiger charge is 2.35. The third kappa shape index (κ3) is 4.22. The van der Waals surface area contributed by atoms with Gasteiger partial charge in [0.15, 0.2) is 0 Å². The van der Waals surface area contributed by atoms with E-state index in [9.17, 15) is 19.2 Å². The molecule has 2 heterocycles. The number of halogens is 2. The molecule has 0 bridgehead atoms. The minimum absolute atomic E-state index is 0.412. The lowest BCUT2D eigenvalue weighted by Gasteiger charge is -2.16. The highest BCUT2D eigenvalue weighted by atomic mass is 79.9. The lowest BCUT2D eigenvalue weighted by atomic mass is 10.1. The Morgan fingerprint density at radius 1 is 0.742 bits per heavy atom. The molecule has 0 aliphatic carbocycles. The van der Waals surface area contributed by atoms with Crippen molar-refractivity contribution in [1.29, 1.82) is 0 Å². The van der Waals surface area contributed by atoms with Crippen LogP contribution in [0.3, 0.4) is 0 Å². The summed E-state index contributed by atoms with van der Waals surface area (Å²) in [4.78, 5) is 47.4. The van der Waals surface area contributed by atoms with Gasteiger partial charge in [-0.25, -0.2) is 0 Å². The third-order valence-corrected chi connectivity index (χ3v) is 5.79. The fourth-order valence-electron chi connectivity index (χ4n) is 3.31. The molecule has 3 aromatic carbocycles. The smallest absolute Gasteiger partial charge is 0.299 e. The van der Waals surface area contributed by atoms with Gasteiger partial charge in [0.1, 0.15) is 0 Å². The molecule has 0 radical (unpaired) electrons. The van der Waals surface area contributed by atoms with Gasteiger partial charge in [0.25, 0.3) is 23.4 Å². The first-order chi connectivity index (χ1) is 14.8. The lowest BCUT2D eigenvalue weighted by Crippen LogP contribution is -2.29. The number of nitrogens with zero attached hydrogens (tertiary/aromatic N) is 1. The van der Waals surface area contributed by atoms with E-state index in [2.05, 4.69) is 37.2 Å². The van der Waals surface area contributed by atoms with E-state index < -0.39 is 23.4 Å². The molecule has 154 valence electrons. The number of carbonyl (C=O) groups is 4. The number of rotatable bonds is 2. The van der Waals surface area contributed by atoms with E-state index in [1.807, 2.05) is 30.3 Å². The number of fused-ring (bicyclic) bond motifs is 2. The van der Waals surface area contributed by atoms with Gasteiger partial charge in [-0.3, -0.25) is 19.2 Å². The van der Waals surface area contributed by atoms with Crippen molar-refractivity contribution in [2.24, 2.45) is 0 Å². The summed E-state index contributed by atoms with van der Waals surface area (Å²) in [7, 11) is 0. The average Bonchev–Trinajstić information content (AvgIpc) is 3.16. The van der Waals surface area contributed by atoms with Crippen molar-refractivity contribution in [3.63, 3.8) is 0 Å². The van der Waals surface area contributed by atoms with E-state index in [0.717, 1.165) is 14.5 Å². The van der Waals surface area contributed by atoms with Crippen LogP contribution in [0.5, 0.6) is 0 Å².